The maximum Gasteiger partial charge on any atom is 0.195 e. The Labute approximate surface area is 155 Å². The second-order valence-electron chi connectivity index (χ2n) is 6.59. The Morgan fingerprint density at radius 3 is 2.78 bits per heavy atom. The van der Waals surface area contributed by atoms with Crippen LogP contribution in [0, 0.1) is 6.92 Å². The van der Waals surface area contributed by atoms with E-state index < -0.39 is 0 Å². The van der Waals surface area contributed by atoms with Gasteiger partial charge in [-0.25, -0.2) is 4.98 Å². The predicted molar refractivity (Wildman–Crippen MR) is 104 cm³/mol. The Bertz CT molecular complexity index is 1180. The summed E-state index contributed by atoms with van der Waals surface area (Å²) in [7, 11) is 0. The fraction of sp³-hybridized carbons (Fsp3) is 0.200. The number of aryl methyl sites for hydroxylation is 1. The van der Waals surface area contributed by atoms with Crippen molar-refractivity contribution in [1.29, 1.82) is 0 Å². The van der Waals surface area contributed by atoms with Crippen molar-refractivity contribution >= 4 is 22.5 Å². The van der Waals surface area contributed by atoms with Gasteiger partial charge in [-0.2, -0.15) is 0 Å². The van der Waals surface area contributed by atoms with E-state index in [0.717, 1.165) is 0 Å². The minimum atomic E-state index is -0.0902. The highest BCUT2D eigenvalue weighted by Crippen LogP contribution is 2.25. The van der Waals surface area contributed by atoms with Gasteiger partial charge in [0.15, 0.2) is 11.3 Å². The molecule has 0 aliphatic rings. The Hall–Kier alpha value is -3.48. The van der Waals surface area contributed by atoms with Crippen LogP contribution in [0.5, 0.6) is 0 Å². The Balaban J connectivity index is 1.76. The summed E-state index contributed by atoms with van der Waals surface area (Å²) in [6, 6.07) is 12.8. The molecule has 0 fully saturated rings. The number of hydrogen-bond acceptors (Lipinski definition) is 6. The minimum Gasteiger partial charge on any atom is -0.461 e. The average molecular weight is 361 g/mol. The molecule has 0 saturated heterocycles. The Morgan fingerprint density at radius 2 is 1.96 bits per heavy atom. The molecule has 1 aromatic carbocycles. The summed E-state index contributed by atoms with van der Waals surface area (Å²) in [5, 5.41) is 11.9. The number of pyridine rings is 1. The third kappa shape index (κ3) is 3.19. The topological polar surface area (TPSA) is 85.8 Å². The lowest BCUT2D eigenvalue weighted by molar-refractivity contribution is 0.565. The van der Waals surface area contributed by atoms with E-state index in [1.807, 2.05) is 34.9 Å². The highest BCUT2D eigenvalue weighted by atomic mass is 16.3. The molecule has 0 spiro atoms. The summed E-state index contributed by atoms with van der Waals surface area (Å²) in [6.07, 6.45) is 1.69. The molecule has 7 heteroatoms. The Morgan fingerprint density at radius 1 is 1.15 bits per heavy atom. The van der Waals surface area contributed by atoms with E-state index in [-0.39, 0.29) is 11.5 Å². The summed E-state index contributed by atoms with van der Waals surface area (Å²) in [4.78, 5) is 17.1. The van der Waals surface area contributed by atoms with Gasteiger partial charge in [0.1, 0.15) is 29.2 Å². The summed E-state index contributed by atoms with van der Waals surface area (Å²) in [6.45, 7) is 5.88. The lowest BCUT2D eigenvalue weighted by Gasteiger charge is -2.12. The van der Waals surface area contributed by atoms with Gasteiger partial charge in [-0.1, -0.05) is 12.1 Å². The van der Waals surface area contributed by atoms with Crippen molar-refractivity contribution in [3.63, 3.8) is 0 Å². The molecular weight excluding hydrogens is 342 g/mol. The van der Waals surface area contributed by atoms with Gasteiger partial charge in [0.05, 0.1) is 11.1 Å². The first-order chi connectivity index (χ1) is 13.0. The number of aromatic nitrogens is 4. The van der Waals surface area contributed by atoms with Crippen LogP contribution in [0.15, 0.2) is 58.0 Å². The highest BCUT2D eigenvalue weighted by Gasteiger charge is 2.13. The van der Waals surface area contributed by atoms with Crippen LogP contribution in [0.4, 0.5) is 11.5 Å². The zero-order valence-corrected chi connectivity index (χ0v) is 15.3. The smallest absolute Gasteiger partial charge is 0.195 e. The van der Waals surface area contributed by atoms with Gasteiger partial charge in [-0.05, 0) is 45.0 Å². The Kier molecular flexibility index (Phi) is 4.19. The molecule has 136 valence electrons. The standard InChI is InChI=1S/C20H19N5O2/c1-12(2)25-11-21-24-20(25)15-7-5-9-18(23-15)22-14-6-4-8-17-19(14)16(26)10-13(3)27-17/h4-12H,1-3H3,(H,22,23). The van der Waals surface area contributed by atoms with Crippen LogP contribution in [0.2, 0.25) is 0 Å². The number of benzene rings is 1. The van der Waals surface area contributed by atoms with Crippen LogP contribution in [0.1, 0.15) is 25.6 Å². The van der Waals surface area contributed by atoms with E-state index in [2.05, 4.69) is 34.3 Å². The monoisotopic (exact) mass is 361 g/mol. The number of fused-ring (bicyclic) bond motifs is 1. The molecule has 27 heavy (non-hydrogen) atoms. The molecular formula is C20H19N5O2. The van der Waals surface area contributed by atoms with E-state index in [4.69, 9.17) is 4.42 Å². The van der Waals surface area contributed by atoms with Crippen molar-refractivity contribution < 1.29 is 4.42 Å². The van der Waals surface area contributed by atoms with Crippen molar-refractivity contribution in [2.24, 2.45) is 0 Å². The lowest BCUT2D eigenvalue weighted by atomic mass is 10.2. The van der Waals surface area contributed by atoms with Crippen molar-refractivity contribution in [1.82, 2.24) is 19.7 Å². The van der Waals surface area contributed by atoms with Crippen molar-refractivity contribution in [2.45, 2.75) is 26.8 Å². The molecule has 0 radical (unpaired) electrons. The first kappa shape index (κ1) is 17.0. The molecule has 0 bridgehead atoms. The van der Waals surface area contributed by atoms with Gasteiger partial charge in [0.25, 0.3) is 0 Å². The maximum absolute atomic E-state index is 12.4. The van der Waals surface area contributed by atoms with Crippen LogP contribution >= 0.6 is 0 Å². The van der Waals surface area contributed by atoms with E-state index in [0.29, 0.717) is 39.8 Å². The fourth-order valence-corrected chi connectivity index (χ4v) is 3.00. The number of anilines is 2. The first-order valence-corrected chi connectivity index (χ1v) is 8.70. The molecule has 0 aliphatic carbocycles. The van der Waals surface area contributed by atoms with Crippen LogP contribution in [-0.2, 0) is 0 Å². The normalized spacial score (nSPS) is 11.3. The van der Waals surface area contributed by atoms with Gasteiger partial charge in [-0.15, -0.1) is 10.2 Å². The quantitative estimate of drug-likeness (QED) is 0.589. The molecule has 7 nitrogen and oxygen atoms in total. The van der Waals surface area contributed by atoms with E-state index >= 15 is 0 Å². The molecule has 0 saturated carbocycles. The number of nitrogens with zero attached hydrogens (tertiary/aromatic N) is 4. The van der Waals surface area contributed by atoms with Crippen LogP contribution in [0.3, 0.4) is 0 Å². The number of nitrogens with one attached hydrogen (secondary N) is 1. The summed E-state index contributed by atoms with van der Waals surface area (Å²) in [5.41, 5.74) is 1.80. The second kappa shape index (κ2) is 6.68. The van der Waals surface area contributed by atoms with Gasteiger partial charge in [-0.3, -0.25) is 4.79 Å². The summed E-state index contributed by atoms with van der Waals surface area (Å²) < 4.78 is 7.62. The van der Waals surface area contributed by atoms with E-state index in [9.17, 15) is 4.79 Å². The third-order valence-electron chi connectivity index (χ3n) is 4.25. The largest absolute Gasteiger partial charge is 0.461 e. The maximum atomic E-state index is 12.4. The van der Waals surface area contributed by atoms with Crippen LogP contribution < -0.4 is 10.7 Å². The first-order valence-electron chi connectivity index (χ1n) is 8.70. The third-order valence-corrected chi connectivity index (χ3v) is 4.25. The van der Waals surface area contributed by atoms with Crippen LogP contribution in [-0.4, -0.2) is 19.7 Å². The molecule has 1 N–H and O–H groups in total. The van der Waals surface area contributed by atoms with Crippen molar-refractivity contribution in [2.75, 3.05) is 5.32 Å². The van der Waals surface area contributed by atoms with Gasteiger partial charge < -0.3 is 14.3 Å². The SMILES string of the molecule is Cc1cc(=O)c2c(Nc3cccc(-c4nncn4C(C)C)n3)cccc2o1. The average Bonchev–Trinajstić information content (AvgIpc) is 3.11. The molecule has 0 amide bonds. The number of hydrogen-bond donors (Lipinski definition) is 1. The van der Waals surface area contributed by atoms with E-state index in [1.54, 1.807) is 19.3 Å². The lowest BCUT2D eigenvalue weighted by Crippen LogP contribution is -2.06. The van der Waals surface area contributed by atoms with Gasteiger partial charge >= 0.3 is 0 Å². The number of rotatable bonds is 4. The van der Waals surface area contributed by atoms with Gasteiger partial charge in [0, 0.05) is 12.1 Å². The summed E-state index contributed by atoms with van der Waals surface area (Å²) in [5.74, 6) is 1.89. The molecule has 3 heterocycles. The van der Waals surface area contributed by atoms with Crippen molar-refractivity contribution in [3.8, 4) is 11.5 Å². The molecule has 4 rings (SSSR count). The zero-order chi connectivity index (χ0) is 19.0. The van der Waals surface area contributed by atoms with Crippen LogP contribution in [0.25, 0.3) is 22.5 Å². The zero-order valence-electron chi connectivity index (χ0n) is 15.3. The molecule has 0 atom stereocenters. The molecule has 3 aromatic heterocycles. The van der Waals surface area contributed by atoms with E-state index in [1.165, 1.54) is 6.07 Å². The fourth-order valence-electron chi connectivity index (χ4n) is 3.00. The molecule has 0 unspecified atom stereocenters. The summed E-state index contributed by atoms with van der Waals surface area (Å²) >= 11 is 0. The van der Waals surface area contributed by atoms with Crippen molar-refractivity contribution in [3.05, 3.63) is 64.8 Å². The predicted octanol–water partition coefficient (Wildman–Crippen LogP) is 4.08. The molecule has 4 aromatic rings. The minimum absolute atomic E-state index is 0.0902. The molecule has 0 aliphatic heterocycles. The second-order valence-corrected chi connectivity index (χ2v) is 6.59. The highest BCUT2D eigenvalue weighted by molar-refractivity contribution is 5.91. The van der Waals surface area contributed by atoms with Gasteiger partial charge in [0.2, 0.25) is 0 Å².